The van der Waals surface area contributed by atoms with E-state index in [9.17, 15) is 0 Å². The van der Waals surface area contributed by atoms with Crippen molar-refractivity contribution in [1.82, 2.24) is 19.9 Å². The molecular weight excluding hydrogens is 224 g/mol. The summed E-state index contributed by atoms with van der Waals surface area (Å²) in [5.41, 5.74) is 1.48. The molecule has 16 heavy (non-hydrogen) atoms. The first-order chi connectivity index (χ1) is 7.83. The van der Waals surface area contributed by atoms with Crippen LogP contribution >= 0.6 is 11.6 Å². The van der Waals surface area contributed by atoms with E-state index in [1.807, 2.05) is 0 Å². The van der Waals surface area contributed by atoms with Crippen molar-refractivity contribution in [2.45, 2.75) is 18.8 Å². The van der Waals surface area contributed by atoms with E-state index < -0.39 is 0 Å². The van der Waals surface area contributed by atoms with Crippen molar-refractivity contribution in [3.05, 3.63) is 35.6 Å². The van der Waals surface area contributed by atoms with Gasteiger partial charge < -0.3 is 0 Å². The highest BCUT2D eigenvalue weighted by molar-refractivity contribution is 6.29. The van der Waals surface area contributed by atoms with Gasteiger partial charge in [-0.1, -0.05) is 11.6 Å². The normalized spacial score (nSPS) is 15.1. The molecule has 80 valence electrons. The lowest BCUT2D eigenvalue weighted by molar-refractivity contribution is 0.927. The molecular formula is C11H9ClN4. The second-order valence-electron chi connectivity index (χ2n) is 3.80. The van der Waals surface area contributed by atoms with Gasteiger partial charge in [0.1, 0.15) is 16.7 Å². The summed E-state index contributed by atoms with van der Waals surface area (Å²) < 4.78 is 0. The maximum Gasteiger partial charge on any atom is 0.133 e. The van der Waals surface area contributed by atoms with Gasteiger partial charge in [0.15, 0.2) is 0 Å². The SMILES string of the molecule is Clc1cc(-c2cnccn2)nc(C2CC2)n1. The predicted molar refractivity (Wildman–Crippen MR) is 60.0 cm³/mol. The Labute approximate surface area is 97.8 Å². The largest absolute Gasteiger partial charge is 0.261 e. The fourth-order valence-electron chi connectivity index (χ4n) is 1.52. The molecule has 0 aliphatic heterocycles. The summed E-state index contributed by atoms with van der Waals surface area (Å²) in [7, 11) is 0. The van der Waals surface area contributed by atoms with E-state index in [4.69, 9.17) is 11.6 Å². The molecule has 4 nitrogen and oxygen atoms in total. The third-order valence-electron chi connectivity index (χ3n) is 2.48. The molecule has 1 aliphatic rings. The highest BCUT2D eigenvalue weighted by atomic mass is 35.5. The van der Waals surface area contributed by atoms with Gasteiger partial charge in [-0.2, -0.15) is 0 Å². The average molecular weight is 233 g/mol. The molecule has 0 spiro atoms. The van der Waals surface area contributed by atoms with E-state index in [-0.39, 0.29) is 0 Å². The Bertz CT molecular complexity index is 511. The van der Waals surface area contributed by atoms with E-state index in [2.05, 4.69) is 19.9 Å². The number of hydrogen-bond donors (Lipinski definition) is 0. The molecule has 0 atom stereocenters. The number of nitrogens with zero attached hydrogens (tertiary/aromatic N) is 4. The molecule has 1 aliphatic carbocycles. The van der Waals surface area contributed by atoms with Crippen molar-refractivity contribution < 1.29 is 0 Å². The summed E-state index contributed by atoms with van der Waals surface area (Å²) in [4.78, 5) is 16.9. The Morgan fingerprint density at radius 3 is 2.69 bits per heavy atom. The van der Waals surface area contributed by atoms with Crippen molar-refractivity contribution in [1.29, 1.82) is 0 Å². The number of rotatable bonds is 2. The Balaban J connectivity index is 2.06. The Morgan fingerprint density at radius 2 is 2.00 bits per heavy atom. The summed E-state index contributed by atoms with van der Waals surface area (Å²) in [5.74, 6) is 1.31. The minimum absolute atomic E-state index is 0.470. The van der Waals surface area contributed by atoms with Crippen LogP contribution in [0.5, 0.6) is 0 Å². The van der Waals surface area contributed by atoms with Crippen molar-refractivity contribution in [2.24, 2.45) is 0 Å². The lowest BCUT2D eigenvalue weighted by Gasteiger charge is -2.02. The first-order valence-electron chi connectivity index (χ1n) is 5.14. The first kappa shape index (κ1) is 9.66. The topological polar surface area (TPSA) is 51.6 Å². The molecule has 0 unspecified atom stereocenters. The molecule has 1 saturated carbocycles. The summed E-state index contributed by atoms with van der Waals surface area (Å²) in [6, 6.07) is 1.72. The lowest BCUT2D eigenvalue weighted by atomic mass is 10.3. The van der Waals surface area contributed by atoms with Gasteiger partial charge in [0.25, 0.3) is 0 Å². The summed E-state index contributed by atoms with van der Waals surface area (Å²) >= 11 is 5.97. The van der Waals surface area contributed by atoms with Crippen LogP contribution in [0.15, 0.2) is 24.7 Å². The first-order valence-corrected chi connectivity index (χ1v) is 5.51. The van der Waals surface area contributed by atoms with Crippen LogP contribution in [0.2, 0.25) is 5.15 Å². The second kappa shape index (κ2) is 3.79. The smallest absolute Gasteiger partial charge is 0.133 e. The predicted octanol–water partition coefficient (Wildman–Crippen LogP) is 2.46. The molecule has 1 fully saturated rings. The zero-order valence-electron chi connectivity index (χ0n) is 8.47. The van der Waals surface area contributed by atoms with Crippen LogP contribution in [0.25, 0.3) is 11.4 Å². The van der Waals surface area contributed by atoms with E-state index in [0.29, 0.717) is 11.1 Å². The van der Waals surface area contributed by atoms with Gasteiger partial charge in [0.05, 0.1) is 11.9 Å². The van der Waals surface area contributed by atoms with Crippen LogP contribution in [-0.2, 0) is 0 Å². The van der Waals surface area contributed by atoms with Crippen molar-refractivity contribution in [2.75, 3.05) is 0 Å². The van der Waals surface area contributed by atoms with Crippen LogP contribution in [0.4, 0.5) is 0 Å². The zero-order chi connectivity index (χ0) is 11.0. The maximum atomic E-state index is 5.97. The lowest BCUT2D eigenvalue weighted by Crippen LogP contribution is -1.96. The van der Waals surface area contributed by atoms with Crippen molar-refractivity contribution in [3.63, 3.8) is 0 Å². The standard InChI is InChI=1S/C11H9ClN4/c12-10-5-8(9-6-13-3-4-14-9)15-11(16-10)7-1-2-7/h3-7H,1-2H2. The third-order valence-corrected chi connectivity index (χ3v) is 2.67. The monoisotopic (exact) mass is 232 g/mol. The zero-order valence-corrected chi connectivity index (χ0v) is 9.22. The van der Waals surface area contributed by atoms with Gasteiger partial charge in [0.2, 0.25) is 0 Å². The van der Waals surface area contributed by atoms with Crippen LogP contribution < -0.4 is 0 Å². The third kappa shape index (κ3) is 1.88. The Kier molecular flexibility index (Phi) is 2.29. The highest BCUT2D eigenvalue weighted by Crippen LogP contribution is 2.38. The molecule has 0 saturated heterocycles. The fraction of sp³-hybridized carbons (Fsp3) is 0.273. The van der Waals surface area contributed by atoms with Gasteiger partial charge in [-0.15, -0.1) is 0 Å². The second-order valence-corrected chi connectivity index (χ2v) is 4.19. The number of halogens is 1. The quantitative estimate of drug-likeness (QED) is 0.747. The molecule has 3 rings (SSSR count). The van der Waals surface area contributed by atoms with Crippen molar-refractivity contribution >= 4 is 11.6 Å². The average Bonchev–Trinajstić information content (AvgIpc) is 3.13. The number of aromatic nitrogens is 4. The Hall–Kier alpha value is -1.55. The minimum Gasteiger partial charge on any atom is -0.261 e. The molecule has 2 aromatic heterocycles. The highest BCUT2D eigenvalue weighted by Gasteiger charge is 2.27. The summed E-state index contributed by atoms with van der Waals surface area (Å²) in [6.45, 7) is 0. The van der Waals surface area contributed by atoms with Gasteiger partial charge in [-0.3, -0.25) is 9.97 Å². The molecule has 2 heterocycles. The Morgan fingerprint density at radius 1 is 1.12 bits per heavy atom. The molecule has 0 radical (unpaired) electrons. The van der Waals surface area contributed by atoms with Gasteiger partial charge in [-0.25, -0.2) is 9.97 Å². The fourth-order valence-corrected chi connectivity index (χ4v) is 1.71. The summed E-state index contributed by atoms with van der Waals surface area (Å²) in [6.07, 6.45) is 7.26. The van der Waals surface area contributed by atoms with Gasteiger partial charge >= 0.3 is 0 Å². The minimum atomic E-state index is 0.470. The molecule has 5 heteroatoms. The van der Waals surface area contributed by atoms with E-state index in [0.717, 1.165) is 30.1 Å². The van der Waals surface area contributed by atoms with Crippen LogP contribution in [0, 0.1) is 0 Å². The van der Waals surface area contributed by atoms with E-state index in [1.54, 1.807) is 24.7 Å². The van der Waals surface area contributed by atoms with Crippen LogP contribution in [0.1, 0.15) is 24.6 Å². The number of hydrogen-bond acceptors (Lipinski definition) is 4. The van der Waals surface area contributed by atoms with Gasteiger partial charge in [-0.05, 0) is 12.8 Å². The summed E-state index contributed by atoms with van der Waals surface area (Å²) in [5, 5.41) is 0.470. The maximum absolute atomic E-state index is 5.97. The van der Waals surface area contributed by atoms with Gasteiger partial charge in [0, 0.05) is 24.4 Å². The molecule has 0 aromatic carbocycles. The molecule has 0 N–H and O–H groups in total. The van der Waals surface area contributed by atoms with E-state index >= 15 is 0 Å². The van der Waals surface area contributed by atoms with Crippen molar-refractivity contribution in [3.8, 4) is 11.4 Å². The molecule has 0 amide bonds. The van der Waals surface area contributed by atoms with Crippen LogP contribution in [-0.4, -0.2) is 19.9 Å². The van der Waals surface area contributed by atoms with Crippen LogP contribution in [0.3, 0.4) is 0 Å². The van der Waals surface area contributed by atoms with E-state index in [1.165, 1.54) is 0 Å². The molecule has 0 bridgehead atoms. The molecule has 2 aromatic rings.